The summed E-state index contributed by atoms with van der Waals surface area (Å²) >= 11 is 5.81. The van der Waals surface area contributed by atoms with E-state index in [2.05, 4.69) is 17.6 Å². The number of urea groups is 1. The molecule has 0 saturated heterocycles. The predicted molar refractivity (Wildman–Crippen MR) is 82.5 cm³/mol. The third-order valence-corrected chi connectivity index (χ3v) is 4.05. The zero-order valence-electron chi connectivity index (χ0n) is 11.8. The summed E-state index contributed by atoms with van der Waals surface area (Å²) in [6, 6.07) is 7.28. The minimum Gasteiger partial charge on any atom is -0.334 e. The fraction of sp³-hybridized carbons (Fsp3) is 0.438. The second kappa shape index (κ2) is 7.34. The van der Waals surface area contributed by atoms with E-state index in [-0.39, 0.29) is 6.03 Å². The summed E-state index contributed by atoms with van der Waals surface area (Å²) < 4.78 is 0. The van der Waals surface area contributed by atoms with Gasteiger partial charge in [-0.1, -0.05) is 42.1 Å². The first kappa shape index (κ1) is 14.9. The second-order valence-electron chi connectivity index (χ2n) is 5.32. The van der Waals surface area contributed by atoms with Crippen molar-refractivity contribution in [1.82, 2.24) is 10.6 Å². The molecular weight excluding hydrogens is 272 g/mol. The highest BCUT2D eigenvalue weighted by Crippen LogP contribution is 2.30. The van der Waals surface area contributed by atoms with Crippen molar-refractivity contribution >= 4 is 17.6 Å². The Morgan fingerprint density at radius 2 is 1.95 bits per heavy atom. The van der Waals surface area contributed by atoms with Crippen LogP contribution in [0, 0.1) is 5.92 Å². The number of rotatable bonds is 4. The van der Waals surface area contributed by atoms with Crippen LogP contribution in [0.1, 0.15) is 38.2 Å². The van der Waals surface area contributed by atoms with Crippen LogP contribution in [-0.2, 0) is 6.54 Å². The Balaban J connectivity index is 1.74. The van der Waals surface area contributed by atoms with E-state index < -0.39 is 0 Å². The van der Waals surface area contributed by atoms with Gasteiger partial charge in [0.2, 0.25) is 0 Å². The Morgan fingerprint density at radius 3 is 2.60 bits per heavy atom. The third-order valence-electron chi connectivity index (χ3n) is 3.80. The van der Waals surface area contributed by atoms with Crippen LogP contribution < -0.4 is 10.6 Å². The number of benzene rings is 1. The molecule has 0 radical (unpaired) electrons. The molecule has 2 N–H and O–H groups in total. The Kier molecular flexibility index (Phi) is 5.48. The molecule has 0 spiro atoms. The lowest BCUT2D eigenvalue weighted by atomic mass is 10.0. The molecule has 20 heavy (non-hydrogen) atoms. The highest BCUT2D eigenvalue weighted by molar-refractivity contribution is 6.30. The van der Waals surface area contributed by atoms with Crippen molar-refractivity contribution in [2.24, 2.45) is 5.92 Å². The van der Waals surface area contributed by atoms with Gasteiger partial charge < -0.3 is 10.6 Å². The minimum absolute atomic E-state index is 0.169. The van der Waals surface area contributed by atoms with Gasteiger partial charge in [0.1, 0.15) is 0 Å². The van der Waals surface area contributed by atoms with Gasteiger partial charge in [-0.2, -0.15) is 0 Å². The van der Waals surface area contributed by atoms with Crippen molar-refractivity contribution < 1.29 is 4.79 Å². The van der Waals surface area contributed by atoms with Crippen LogP contribution in [0.25, 0.3) is 0 Å². The van der Waals surface area contributed by atoms with E-state index in [9.17, 15) is 4.79 Å². The molecule has 0 heterocycles. The normalized spacial score (nSPS) is 16.2. The maximum Gasteiger partial charge on any atom is 0.319 e. The number of carbonyl (C=O) groups excluding carboxylic acids is 1. The molecule has 1 fully saturated rings. The van der Waals surface area contributed by atoms with Crippen molar-refractivity contribution in [2.75, 3.05) is 0 Å². The number of hydrogen-bond acceptors (Lipinski definition) is 1. The number of carbonyl (C=O) groups is 1. The Morgan fingerprint density at radius 1 is 1.30 bits per heavy atom. The first-order chi connectivity index (χ1) is 9.65. The Labute approximate surface area is 125 Å². The molecule has 0 unspecified atom stereocenters. The van der Waals surface area contributed by atoms with Gasteiger partial charge >= 0.3 is 6.03 Å². The van der Waals surface area contributed by atoms with E-state index in [1.54, 1.807) is 0 Å². The molecule has 1 aliphatic carbocycles. The summed E-state index contributed by atoms with van der Waals surface area (Å²) in [6.07, 6.45) is 6.94. The molecule has 1 aliphatic rings. The van der Waals surface area contributed by atoms with E-state index in [0.717, 1.165) is 5.56 Å². The van der Waals surface area contributed by atoms with Crippen LogP contribution in [0.2, 0.25) is 5.02 Å². The summed E-state index contributed by atoms with van der Waals surface area (Å²) in [5.74, 6) is 0.645. The lowest BCUT2D eigenvalue weighted by Crippen LogP contribution is -2.32. The Bertz CT molecular complexity index is 476. The molecule has 2 amide bonds. The van der Waals surface area contributed by atoms with Crippen LogP contribution in [0.4, 0.5) is 4.79 Å². The summed E-state index contributed by atoms with van der Waals surface area (Å²) in [6.45, 7) is 2.59. The van der Waals surface area contributed by atoms with Gasteiger partial charge in [-0.3, -0.25) is 0 Å². The second-order valence-corrected chi connectivity index (χ2v) is 5.76. The van der Waals surface area contributed by atoms with E-state index in [4.69, 9.17) is 11.6 Å². The molecule has 3 nitrogen and oxygen atoms in total. The molecule has 0 aromatic heterocycles. The van der Waals surface area contributed by atoms with Crippen LogP contribution in [0.5, 0.6) is 0 Å². The zero-order valence-corrected chi connectivity index (χ0v) is 12.5. The van der Waals surface area contributed by atoms with Crippen molar-refractivity contribution in [3.05, 3.63) is 46.6 Å². The smallest absolute Gasteiger partial charge is 0.319 e. The van der Waals surface area contributed by atoms with Gasteiger partial charge in [0.25, 0.3) is 0 Å². The largest absolute Gasteiger partial charge is 0.334 e. The fourth-order valence-electron chi connectivity index (χ4n) is 2.51. The summed E-state index contributed by atoms with van der Waals surface area (Å²) in [5.41, 5.74) is 2.30. The van der Waals surface area contributed by atoms with Crippen molar-refractivity contribution in [3.63, 3.8) is 0 Å². The molecule has 0 aliphatic heterocycles. The minimum atomic E-state index is -0.169. The van der Waals surface area contributed by atoms with Crippen molar-refractivity contribution in [2.45, 2.75) is 39.2 Å². The first-order valence-electron chi connectivity index (χ1n) is 7.10. The highest BCUT2D eigenvalue weighted by atomic mass is 35.5. The van der Waals surface area contributed by atoms with Gasteiger partial charge in [0.15, 0.2) is 0 Å². The SMILES string of the molecule is C/C(=C\NC(=O)NCc1ccc(Cl)cc1)C1CCCC1. The van der Waals surface area contributed by atoms with Gasteiger partial charge in [-0.05, 0) is 43.4 Å². The third kappa shape index (κ3) is 4.57. The molecule has 2 rings (SSSR count). The average molecular weight is 293 g/mol. The quantitative estimate of drug-likeness (QED) is 0.856. The summed E-state index contributed by atoms with van der Waals surface area (Å²) in [7, 11) is 0. The van der Waals surface area contributed by atoms with E-state index in [1.807, 2.05) is 30.5 Å². The van der Waals surface area contributed by atoms with E-state index in [0.29, 0.717) is 17.5 Å². The number of nitrogens with one attached hydrogen (secondary N) is 2. The molecule has 1 aromatic rings. The van der Waals surface area contributed by atoms with Crippen LogP contribution in [0.3, 0.4) is 0 Å². The molecule has 1 aromatic carbocycles. The number of halogens is 1. The maximum absolute atomic E-state index is 11.7. The maximum atomic E-state index is 11.7. The molecule has 0 bridgehead atoms. The number of hydrogen-bond donors (Lipinski definition) is 2. The zero-order chi connectivity index (χ0) is 14.4. The van der Waals surface area contributed by atoms with Gasteiger partial charge in [-0.25, -0.2) is 4.79 Å². The van der Waals surface area contributed by atoms with Gasteiger partial charge in [0.05, 0.1) is 0 Å². The molecule has 4 heteroatoms. The van der Waals surface area contributed by atoms with Gasteiger partial charge in [-0.15, -0.1) is 0 Å². The van der Waals surface area contributed by atoms with E-state index in [1.165, 1.54) is 31.3 Å². The lowest BCUT2D eigenvalue weighted by molar-refractivity contribution is 0.243. The van der Waals surface area contributed by atoms with Crippen molar-refractivity contribution in [3.8, 4) is 0 Å². The standard InChI is InChI=1S/C16H21ClN2O/c1-12(14-4-2-3-5-14)10-18-16(20)19-11-13-6-8-15(17)9-7-13/h6-10,14H,2-5,11H2,1H3,(H2,18,19,20)/b12-10+. The van der Waals surface area contributed by atoms with Crippen LogP contribution in [0.15, 0.2) is 36.0 Å². The first-order valence-corrected chi connectivity index (χ1v) is 7.48. The Hall–Kier alpha value is -1.48. The van der Waals surface area contributed by atoms with Crippen LogP contribution >= 0.6 is 11.6 Å². The highest BCUT2D eigenvalue weighted by Gasteiger charge is 2.16. The topological polar surface area (TPSA) is 41.1 Å². The monoisotopic (exact) mass is 292 g/mol. The molecule has 0 atom stereocenters. The summed E-state index contributed by atoms with van der Waals surface area (Å²) in [5, 5.41) is 6.33. The molecular formula is C16H21ClN2O. The van der Waals surface area contributed by atoms with Gasteiger partial charge in [0, 0.05) is 17.8 Å². The number of amides is 2. The molecule has 108 valence electrons. The molecule has 1 saturated carbocycles. The average Bonchev–Trinajstić information content (AvgIpc) is 2.98. The number of allylic oxidation sites excluding steroid dienone is 1. The fourth-order valence-corrected chi connectivity index (χ4v) is 2.64. The van der Waals surface area contributed by atoms with Crippen LogP contribution in [-0.4, -0.2) is 6.03 Å². The summed E-state index contributed by atoms with van der Waals surface area (Å²) in [4.78, 5) is 11.7. The predicted octanol–water partition coefficient (Wildman–Crippen LogP) is 4.23. The van der Waals surface area contributed by atoms with Crippen molar-refractivity contribution in [1.29, 1.82) is 0 Å². The van der Waals surface area contributed by atoms with E-state index >= 15 is 0 Å². The lowest BCUT2D eigenvalue weighted by Gasteiger charge is -2.10.